The quantitative estimate of drug-likeness (QED) is 0.343. The van der Waals surface area contributed by atoms with Crippen molar-refractivity contribution in [2.45, 2.75) is 101 Å². The number of piperazine rings is 1. The second-order valence-electron chi connectivity index (χ2n) is 12.8. The van der Waals surface area contributed by atoms with Crippen LogP contribution in [-0.4, -0.2) is 72.8 Å². The molecule has 3 fully saturated rings. The van der Waals surface area contributed by atoms with E-state index in [-0.39, 0.29) is 54.0 Å². The van der Waals surface area contributed by atoms with Gasteiger partial charge in [-0.15, -0.1) is 0 Å². The van der Waals surface area contributed by atoms with Crippen LogP contribution in [0.4, 0.5) is 10.1 Å². The number of nitrogens with two attached hydrogens (primary N) is 1. The summed E-state index contributed by atoms with van der Waals surface area (Å²) in [6, 6.07) is 6.41. The summed E-state index contributed by atoms with van der Waals surface area (Å²) in [6.07, 6.45) is 8.53. The Labute approximate surface area is 265 Å². The molecule has 1 aromatic carbocycles. The molecular weight excluding hydrogens is 605 g/mol. The van der Waals surface area contributed by atoms with Crippen molar-refractivity contribution in [2.24, 2.45) is 11.7 Å². The molecule has 242 valence electrons. The molecule has 0 spiro atoms. The normalized spacial score (nSPS) is 28.2. The summed E-state index contributed by atoms with van der Waals surface area (Å²) in [5.74, 6) is -0.948. The second kappa shape index (κ2) is 14.5. The van der Waals surface area contributed by atoms with Crippen LogP contribution in [0.15, 0.2) is 36.7 Å². The van der Waals surface area contributed by atoms with Crippen molar-refractivity contribution in [3.63, 3.8) is 0 Å². The van der Waals surface area contributed by atoms with Crippen LogP contribution in [0.5, 0.6) is 0 Å². The molecule has 3 heterocycles. The number of halogens is 2. The van der Waals surface area contributed by atoms with Crippen LogP contribution in [0, 0.1) is 11.7 Å². The molecule has 1 aliphatic carbocycles. The Balaban J connectivity index is 1.31. The molecule has 2 bridgehead atoms. The largest absolute Gasteiger partial charge is 0.376 e. The van der Waals surface area contributed by atoms with Crippen LogP contribution in [0.1, 0.15) is 75.8 Å². The Bertz CT molecular complexity index is 1390. The molecule has 2 aromatic rings. The first-order valence-electron chi connectivity index (χ1n) is 15.8. The summed E-state index contributed by atoms with van der Waals surface area (Å²) in [5, 5.41) is 6.93. The number of benzene rings is 1. The number of nitrogens with zero attached hydrogens (tertiary/aromatic N) is 2. The van der Waals surface area contributed by atoms with Gasteiger partial charge in [0.25, 0.3) is 0 Å². The van der Waals surface area contributed by atoms with Crippen molar-refractivity contribution in [2.75, 3.05) is 24.2 Å². The van der Waals surface area contributed by atoms with Crippen molar-refractivity contribution in [3.05, 3.63) is 58.6 Å². The number of carbonyl (C=O) groups excluding carboxylic acids is 1. The minimum absolute atomic E-state index is 0.131. The van der Waals surface area contributed by atoms with Gasteiger partial charge in [-0.05, 0) is 88.8 Å². The van der Waals surface area contributed by atoms with Crippen LogP contribution in [0.2, 0.25) is 5.02 Å². The summed E-state index contributed by atoms with van der Waals surface area (Å²) < 4.78 is 48.6. The van der Waals surface area contributed by atoms with Crippen LogP contribution in [0.3, 0.4) is 0 Å². The fourth-order valence-electron chi connectivity index (χ4n) is 7.18. The Morgan fingerprint density at radius 1 is 1.18 bits per heavy atom. The Hall–Kier alpha value is -2.15. The molecule has 1 aromatic heterocycles. The van der Waals surface area contributed by atoms with Crippen molar-refractivity contribution in [1.29, 1.82) is 0 Å². The van der Waals surface area contributed by atoms with Crippen molar-refractivity contribution >= 4 is 33.2 Å². The van der Waals surface area contributed by atoms with Gasteiger partial charge in [-0.1, -0.05) is 23.7 Å². The molecule has 1 amide bonds. The number of aromatic nitrogens is 1. The summed E-state index contributed by atoms with van der Waals surface area (Å²) in [6.45, 7) is 5.02. The summed E-state index contributed by atoms with van der Waals surface area (Å²) in [7, 11) is -3.37. The number of carbonyl (C=O) groups is 1. The average molecular weight is 650 g/mol. The molecule has 4 N–H and O–H groups in total. The van der Waals surface area contributed by atoms with E-state index >= 15 is 4.39 Å². The number of fused-ring (bicyclic) bond motifs is 2. The fourth-order valence-corrected chi connectivity index (χ4v) is 9.12. The molecule has 5 rings (SSSR count). The average Bonchev–Trinajstić information content (AvgIpc) is 3.10. The summed E-state index contributed by atoms with van der Waals surface area (Å²) in [4.78, 5) is 17.7. The van der Waals surface area contributed by atoms with Gasteiger partial charge in [0.05, 0.1) is 42.1 Å². The van der Waals surface area contributed by atoms with Crippen molar-refractivity contribution in [1.82, 2.24) is 14.6 Å². The van der Waals surface area contributed by atoms with Gasteiger partial charge >= 0.3 is 0 Å². The summed E-state index contributed by atoms with van der Waals surface area (Å²) in [5.41, 5.74) is 8.22. The first kappa shape index (κ1) is 33.2. The fraction of sp³-hybridized carbons (Fsp3) is 0.625. The minimum Gasteiger partial charge on any atom is -0.376 e. The van der Waals surface area contributed by atoms with E-state index in [9.17, 15) is 13.2 Å². The van der Waals surface area contributed by atoms with E-state index in [2.05, 4.69) is 15.6 Å². The molecule has 0 radical (unpaired) electrons. The van der Waals surface area contributed by atoms with E-state index in [1.165, 1.54) is 6.20 Å². The van der Waals surface area contributed by atoms with Gasteiger partial charge in [0.2, 0.25) is 15.9 Å². The topological polar surface area (TPSA) is 127 Å². The number of nitrogens with one attached hydrogen (secondary N) is 2. The maximum atomic E-state index is 15.2. The molecule has 44 heavy (non-hydrogen) atoms. The highest BCUT2D eigenvalue weighted by Crippen LogP contribution is 2.39. The maximum absolute atomic E-state index is 15.2. The number of amides is 1. The minimum atomic E-state index is -3.37. The van der Waals surface area contributed by atoms with Crippen molar-refractivity contribution in [3.8, 4) is 0 Å². The lowest BCUT2D eigenvalue weighted by Crippen LogP contribution is -2.57. The van der Waals surface area contributed by atoms with Crippen LogP contribution < -0.4 is 16.4 Å². The number of pyridine rings is 1. The Morgan fingerprint density at radius 3 is 2.61 bits per heavy atom. The lowest BCUT2D eigenvalue weighted by Gasteiger charge is -2.37. The standard InChI is InChI=1S/C32H45ClFN5O4S/c1-20(2)43-26-12-7-22(8-13-26)30(21-5-9-23(33)10-6-21)31(35)32(40)38-29-18-36-17-28(34)27(29)14-11-25-16-37-24-4-3-15-44(41,42)39(25)19-24/h5-6,9-10,17-18,20,22,24-26,30-31,37H,3-4,7-8,11-16,19,35H2,1-2H3,(H,38,40)/t22?,24-,25+,26?,30+,31+/m1/s1. The lowest BCUT2D eigenvalue weighted by atomic mass is 9.72. The first-order chi connectivity index (χ1) is 21.0. The number of ether oxygens (including phenoxy) is 1. The smallest absolute Gasteiger partial charge is 0.241 e. The highest BCUT2D eigenvalue weighted by Gasteiger charge is 2.39. The number of hydrogen-bond donors (Lipinski definition) is 3. The molecular formula is C32H45ClFN5O4S. The molecule has 2 aliphatic heterocycles. The van der Waals surface area contributed by atoms with Crippen LogP contribution in [0.25, 0.3) is 0 Å². The highest BCUT2D eigenvalue weighted by molar-refractivity contribution is 7.89. The molecule has 12 heteroatoms. The van der Waals surface area contributed by atoms with E-state index in [1.807, 2.05) is 38.1 Å². The lowest BCUT2D eigenvalue weighted by molar-refractivity contribution is -0.118. The zero-order valence-electron chi connectivity index (χ0n) is 25.6. The third kappa shape index (κ3) is 7.97. The predicted octanol–water partition coefficient (Wildman–Crippen LogP) is 4.61. The molecule has 3 aliphatic rings. The van der Waals surface area contributed by atoms with E-state index in [1.54, 1.807) is 4.31 Å². The highest BCUT2D eigenvalue weighted by atomic mass is 35.5. The number of rotatable bonds is 10. The number of anilines is 1. The van der Waals surface area contributed by atoms with E-state index in [0.29, 0.717) is 36.5 Å². The second-order valence-corrected chi connectivity index (χ2v) is 15.3. The first-order valence-corrected chi connectivity index (χ1v) is 17.8. The van der Waals surface area contributed by atoms with E-state index in [4.69, 9.17) is 22.1 Å². The maximum Gasteiger partial charge on any atom is 0.241 e. The van der Waals surface area contributed by atoms with E-state index in [0.717, 1.165) is 43.9 Å². The molecule has 5 atom stereocenters. The Kier molecular flexibility index (Phi) is 11.0. The zero-order chi connectivity index (χ0) is 31.4. The van der Waals surface area contributed by atoms with E-state index < -0.39 is 27.8 Å². The van der Waals surface area contributed by atoms with Crippen LogP contribution in [-0.2, 0) is 26.0 Å². The van der Waals surface area contributed by atoms with Gasteiger partial charge in [-0.25, -0.2) is 12.8 Å². The van der Waals surface area contributed by atoms with Gasteiger partial charge in [-0.3, -0.25) is 9.78 Å². The molecule has 9 nitrogen and oxygen atoms in total. The van der Waals surface area contributed by atoms with Gasteiger partial charge in [0.15, 0.2) is 0 Å². The summed E-state index contributed by atoms with van der Waals surface area (Å²) >= 11 is 6.18. The van der Waals surface area contributed by atoms with Gasteiger partial charge < -0.3 is 21.1 Å². The molecule has 2 saturated heterocycles. The molecule has 1 saturated carbocycles. The third-order valence-corrected chi connectivity index (χ3v) is 11.6. The van der Waals surface area contributed by atoms with Gasteiger partial charge in [0.1, 0.15) is 5.82 Å². The number of sulfonamides is 1. The van der Waals surface area contributed by atoms with Crippen LogP contribution >= 0.6 is 11.6 Å². The monoisotopic (exact) mass is 649 g/mol. The van der Waals surface area contributed by atoms with Crippen molar-refractivity contribution < 1.29 is 22.3 Å². The predicted molar refractivity (Wildman–Crippen MR) is 171 cm³/mol. The third-order valence-electron chi connectivity index (χ3n) is 9.39. The van der Waals surface area contributed by atoms with Gasteiger partial charge in [-0.2, -0.15) is 4.31 Å². The Morgan fingerprint density at radius 2 is 1.91 bits per heavy atom. The zero-order valence-corrected chi connectivity index (χ0v) is 27.1. The van der Waals surface area contributed by atoms with Gasteiger partial charge in [0, 0.05) is 41.7 Å². The molecule has 1 unspecified atom stereocenters. The number of hydrogen-bond acceptors (Lipinski definition) is 7. The SMILES string of the molecule is CC(C)OC1CCC([C@H](c2ccc(Cl)cc2)[C@H](N)C(=O)Nc2cncc(F)c2CC[C@H]2CN[C@@H]3CCCS(=O)(=O)N2C3)CC1.